The van der Waals surface area contributed by atoms with Crippen LogP contribution in [0, 0.1) is 0 Å². The normalized spacial score (nSPS) is 15.9. The Bertz CT molecular complexity index is 892. The van der Waals surface area contributed by atoms with Crippen molar-refractivity contribution >= 4 is 34.8 Å². The summed E-state index contributed by atoms with van der Waals surface area (Å²) in [6.45, 7) is 5.24. The predicted molar refractivity (Wildman–Crippen MR) is 97.0 cm³/mol. The molecule has 2 amide bonds. The van der Waals surface area contributed by atoms with Crippen LogP contribution >= 0.6 is 11.8 Å². The number of imide groups is 1. The molecule has 0 bridgehead atoms. The molecule has 5 nitrogen and oxygen atoms in total. The molecule has 2 heterocycles. The first-order valence-electron chi connectivity index (χ1n) is 7.57. The molecule has 1 aliphatic rings. The van der Waals surface area contributed by atoms with Gasteiger partial charge in [0.25, 0.3) is 11.1 Å². The van der Waals surface area contributed by atoms with Crippen LogP contribution in [0.3, 0.4) is 0 Å². The Kier molecular flexibility index (Phi) is 4.72. The second kappa shape index (κ2) is 6.94. The summed E-state index contributed by atoms with van der Waals surface area (Å²) in [4.78, 5) is 36.8. The molecule has 0 N–H and O–H groups in total. The Hall–Kier alpha value is -2.86. The van der Waals surface area contributed by atoms with Gasteiger partial charge in [-0.1, -0.05) is 30.3 Å². The Labute approximate surface area is 149 Å². The van der Waals surface area contributed by atoms with Crippen molar-refractivity contribution in [2.24, 2.45) is 0 Å². The molecule has 0 spiro atoms. The van der Waals surface area contributed by atoms with Crippen LogP contribution in [0.1, 0.15) is 23.0 Å². The lowest BCUT2D eigenvalue weighted by Crippen LogP contribution is -2.27. The third-order valence-corrected chi connectivity index (χ3v) is 4.57. The van der Waals surface area contributed by atoms with Crippen molar-refractivity contribution in [2.75, 3.05) is 6.54 Å². The minimum absolute atomic E-state index is 0.00179. The van der Waals surface area contributed by atoms with E-state index in [-0.39, 0.29) is 23.5 Å². The molecule has 0 saturated carbocycles. The van der Waals surface area contributed by atoms with Gasteiger partial charge in [0.05, 0.1) is 4.91 Å². The van der Waals surface area contributed by atoms with E-state index in [4.69, 9.17) is 4.42 Å². The fourth-order valence-electron chi connectivity index (χ4n) is 2.37. The zero-order valence-electron chi connectivity index (χ0n) is 13.5. The fourth-order valence-corrected chi connectivity index (χ4v) is 3.20. The van der Waals surface area contributed by atoms with Gasteiger partial charge in [-0.2, -0.15) is 0 Å². The van der Waals surface area contributed by atoms with E-state index in [0.29, 0.717) is 22.0 Å². The number of hydrogen-bond acceptors (Lipinski definition) is 5. The zero-order valence-corrected chi connectivity index (χ0v) is 14.3. The van der Waals surface area contributed by atoms with Gasteiger partial charge in [-0.05, 0) is 30.8 Å². The molecule has 0 radical (unpaired) electrons. The number of nitrogens with zero attached hydrogens (tertiary/aromatic N) is 1. The van der Waals surface area contributed by atoms with Crippen molar-refractivity contribution in [2.45, 2.75) is 6.92 Å². The van der Waals surface area contributed by atoms with Gasteiger partial charge in [-0.3, -0.25) is 19.3 Å². The lowest BCUT2D eigenvalue weighted by Gasteiger charge is -2.07. The molecule has 1 aromatic carbocycles. The minimum atomic E-state index is -0.348. The third-order valence-electron chi connectivity index (χ3n) is 3.66. The van der Waals surface area contributed by atoms with Crippen LogP contribution in [0.15, 0.2) is 58.4 Å². The summed E-state index contributed by atoms with van der Waals surface area (Å²) < 4.78 is 5.73. The van der Waals surface area contributed by atoms with Gasteiger partial charge >= 0.3 is 0 Å². The van der Waals surface area contributed by atoms with Gasteiger partial charge in [0.15, 0.2) is 5.78 Å². The molecular weight excluding hydrogens is 338 g/mol. The topological polar surface area (TPSA) is 67.6 Å². The second-order valence-corrected chi connectivity index (χ2v) is 6.41. The van der Waals surface area contributed by atoms with Gasteiger partial charge in [0.1, 0.15) is 11.5 Å². The van der Waals surface area contributed by atoms with Crippen LogP contribution in [0.2, 0.25) is 0 Å². The predicted octanol–water partition coefficient (Wildman–Crippen LogP) is 4.37. The number of carbonyl (C=O) groups is 3. The van der Waals surface area contributed by atoms with Crippen LogP contribution in [-0.4, -0.2) is 28.4 Å². The van der Waals surface area contributed by atoms with Crippen LogP contribution in [0.25, 0.3) is 17.4 Å². The van der Waals surface area contributed by atoms with E-state index >= 15 is 0 Å². The summed E-state index contributed by atoms with van der Waals surface area (Å²) in [6, 6.07) is 10.6. The molecule has 0 unspecified atom stereocenters. The maximum absolute atomic E-state index is 12.2. The Morgan fingerprint density at radius 3 is 2.56 bits per heavy atom. The highest BCUT2D eigenvalue weighted by molar-refractivity contribution is 8.18. The van der Waals surface area contributed by atoms with Gasteiger partial charge < -0.3 is 4.42 Å². The molecule has 1 fully saturated rings. The number of thioether (sulfide) groups is 1. The number of furan rings is 1. The van der Waals surface area contributed by atoms with Gasteiger partial charge in [-0.15, -0.1) is 6.58 Å². The number of rotatable bonds is 5. The minimum Gasteiger partial charge on any atom is -0.457 e. The van der Waals surface area contributed by atoms with Crippen molar-refractivity contribution < 1.29 is 18.8 Å². The molecule has 1 aliphatic heterocycles. The fraction of sp³-hybridized carbons (Fsp3) is 0.105. The van der Waals surface area contributed by atoms with Crippen molar-refractivity contribution in [1.82, 2.24) is 4.90 Å². The smallest absolute Gasteiger partial charge is 0.293 e. The van der Waals surface area contributed by atoms with E-state index in [0.717, 1.165) is 22.2 Å². The Morgan fingerprint density at radius 1 is 1.20 bits per heavy atom. The highest BCUT2D eigenvalue weighted by atomic mass is 32.2. The summed E-state index contributed by atoms with van der Waals surface area (Å²) in [5, 5.41) is -0.317. The monoisotopic (exact) mass is 353 g/mol. The van der Waals surface area contributed by atoms with Crippen LogP contribution in [-0.2, 0) is 4.79 Å². The number of ketones is 1. The van der Waals surface area contributed by atoms with Crippen LogP contribution in [0.4, 0.5) is 4.79 Å². The van der Waals surface area contributed by atoms with Crippen molar-refractivity contribution in [3.05, 3.63) is 65.3 Å². The van der Waals surface area contributed by atoms with Crippen molar-refractivity contribution in [1.29, 1.82) is 0 Å². The first-order valence-corrected chi connectivity index (χ1v) is 8.38. The highest BCUT2D eigenvalue weighted by Crippen LogP contribution is 2.33. The average Bonchev–Trinajstić information content (AvgIpc) is 3.16. The van der Waals surface area contributed by atoms with Gasteiger partial charge in [0.2, 0.25) is 0 Å². The summed E-state index contributed by atoms with van der Waals surface area (Å²) >= 11 is 0.880. The molecule has 25 heavy (non-hydrogen) atoms. The molecule has 6 heteroatoms. The lowest BCUT2D eigenvalue weighted by molar-refractivity contribution is -0.122. The van der Waals surface area contributed by atoms with E-state index in [9.17, 15) is 14.4 Å². The molecule has 0 atom stereocenters. The average molecular weight is 353 g/mol. The van der Waals surface area contributed by atoms with Gasteiger partial charge in [-0.25, -0.2) is 0 Å². The Morgan fingerprint density at radius 2 is 1.92 bits per heavy atom. The Balaban J connectivity index is 1.82. The number of carbonyl (C=O) groups excluding carboxylic acids is 3. The molecule has 1 aromatic heterocycles. The van der Waals surface area contributed by atoms with Crippen molar-refractivity contribution in [3.8, 4) is 11.3 Å². The number of Topliss-reactive ketones (excluding diaryl/α,β-unsaturated/α-hetero) is 1. The van der Waals surface area contributed by atoms with E-state index in [1.54, 1.807) is 42.5 Å². The lowest BCUT2D eigenvalue weighted by atomic mass is 10.1. The molecule has 2 aromatic rings. The standard InChI is InChI=1S/C19H15NO4S/c1-3-10-20-18(22)17(25-19(20)23)11-15-8-9-16(24-15)14-6-4-13(5-7-14)12(2)21/h3-9,11H,1,10H2,2H3. The largest absolute Gasteiger partial charge is 0.457 e. The maximum Gasteiger partial charge on any atom is 0.293 e. The molecule has 126 valence electrons. The second-order valence-electron chi connectivity index (χ2n) is 5.42. The number of hydrogen-bond donors (Lipinski definition) is 0. The first kappa shape index (κ1) is 17.0. The quantitative estimate of drug-likeness (QED) is 0.453. The molecular formula is C19H15NO4S. The summed E-state index contributed by atoms with van der Waals surface area (Å²) in [7, 11) is 0. The highest BCUT2D eigenvalue weighted by Gasteiger charge is 2.34. The summed E-state index contributed by atoms with van der Waals surface area (Å²) in [5.41, 5.74) is 1.45. The van der Waals surface area contributed by atoms with E-state index in [2.05, 4.69) is 6.58 Å². The molecule has 1 saturated heterocycles. The zero-order chi connectivity index (χ0) is 18.0. The van der Waals surface area contributed by atoms with Crippen LogP contribution < -0.4 is 0 Å². The number of amides is 2. The van der Waals surface area contributed by atoms with Crippen LogP contribution in [0.5, 0.6) is 0 Å². The summed E-state index contributed by atoms with van der Waals surface area (Å²) in [5.74, 6) is 0.752. The molecule has 3 rings (SSSR count). The molecule has 0 aliphatic carbocycles. The summed E-state index contributed by atoms with van der Waals surface area (Å²) in [6.07, 6.45) is 3.07. The SMILES string of the molecule is C=CCN1C(=O)SC(=Cc2ccc(-c3ccc(C(C)=O)cc3)o2)C1=O. The third kappa shape index (κ3) is 3.49. The van der Waals surface area contributed by atoms with E-state index in [1.165, 1.54) is 13.0 Å². The first-order chi connectivity index (χ1) is 12.0. The van der Waals surface area contributed by atoms with Crippen molar-refractivity contribution in [3.63, 3.8) is 0 Å². The van der Waals surface area contributed by atoms with Gasteiger partial charge in [0, 0.05) is 23.7 Å². The maximum atomic E-state index is 12.2. The van der Waals surface area contributed by atoms with E-state index in [1.807, 2.05) is 0 Å². The number of benzene rings is 1. The van der Waals surface area contributed by atoms with E-state index < -0.39 is 0 Å².